The number of aromatic nitrogens is 4. The van der Waals surface area contributed by atoms with Crippen LogP contribution in [0.3, 0.4) is 0 Å². The lowest BCUT2D eigenvalue weighted by molar-refractivity contribution is -0.123. The first-order chi connectivity index (χ1) is 12.2. The average Bonchev–Trinajstić information content (AvgIpc) is 3.31. The smallest absolute Gasteiger partial charge is 0.242 e. The van der Waals surface area contributed by atoms with E-state index in [0.29, 0.717) is 12.3 Å². The molecule has 3 atom stereocenters. The van der Waals surface area contributed by atoms with Crippen LogP contribution in [0.5, 0.6) is 0 Å². The van der Waals surface area contributed by atoms with Gasteiger partial charge < -0.3 is 10.4 Å². The summed E-state index contributed by atoms with van der Waals surface area (Å²) in [6.07, 6.45) is 6.34. The zero-order chi connectivity index (χ0) is 17.2. The lowest BCUT2D eigenvalue weighted by atomic mass is 10.1. The fourth-order valence-corrected chi connectivity index (χ4v) is 3.64. The third-order valence-electron chi connectivity index (χ3n) is 4.82. The minimum Gasteiger partial charge on any atom is -0.391 e. The van der Waals surface area contributed by atoms with E-state index in [4.69, 9.17) is 0 Å². The molecular weight excluding hydrogens is 318 g/mol. The molecule has 1 aromatic carbocycles. The number of nitrogens with one attached hydrogen (secondary N) is 1. The van der Waals surface area contributed by atoms with E-state index >= 15 is 0 Å². The molecule has 130 valence electrons. The molecule has 0 saturated heterocycles. The Bertz CT molecular complexity index is 857. The van der Waals surface area contributed by atoms with Gasteiger partial charge in [-0.15, -0.1) is 0 Å². The van der Waals surface area contributed by atoms with Crippen LogP contribution in [-0.2, 0) is 17.9 Å². The Morgan fingerprint density at radius 1 is 1.24 bits per heavy atom. The molecule has 0 spiro atoms. The first-order valence-corrected chi connectivity index (χ1v) is 8.54. The van der Waals surface area contributed by atoms with Gasteiger partial charge in [-0.05, 0) is 30.9 Å². The van der Waals surface area contributed by atoms with Crippen LogP contribution >= 0.6 is 0 Å². The molecule has 3 aromatic rings. The Labute approximate surface area is 145 Å². The fourth-order valence-electron chi connectivity index (χ4n) is 3.64. The van der Waals surface area contributed by atoms with Crippen molar-refractivity contribution < 1.29 is 9.90 Å². The second-order valence-electron chi connectivity index (χ2n) is 6.67. The van der Waals surface area contributed by atoms with E-state index in [1.165, 1.54) is 0 Å². The minimum atomic E-state index is -0.515. The Balaban J connectivity index is 1.36. The van der Waals surface area contributed by atoms with Gasteiger partial charge in [0.15, 0.2) is 0 Å². The van der Waals surface area contributed by atoms with Crippen LogP contribution in [0.15, 0.2) is 48.9 Å². The molecule has 0 bridgehead atoms. The quantitative estimate of drug-likeness (QED) is 0.731. The normalized spacial score (nSPS) is 23.2. The number of aliphatic hydroxyl groups is 1. The van der Waals surface area contributed by atoms with Gasteiger partial charge in [-0.1, -0.05) is 18.2 Å². The van der Waals surface area contributed by atoms with Gasteiger partial charge >= 0.3 is 0 Å². The number of fused-ring (bicyclic) bond motifs is 1. The summed E-state index contributed by atoms with van der Waals surface area (Å²) in [4.78, 5) is 12.4. The monoisotopic (exact) mass is 339 g/mol. The molecule has 1 aliphatic carbocycles. The molecule has 1 amide bonds. The molecule has 0 aliphatic heterocycles. The zero-order valence-electron chi connectivity index (χ0n) is 13.8. The van der Waals surface area contributed by atoms with Crippen molar-refractivity contribution in [2.24, 2.45) is 5.92 Å². The highest BCUT2D eigenvalue weighted by Crippen LogP contribution is 2.27. The molecule has 1 saturated carbocycles. The predicted molar refractivity (Wildman–Crippen MR) is 92.6 cm³/mol. The Morgan fingerprint density at radius 3 is 2.96 bits per heavy atom. The second-order valence-corrected chi connectivity index (χ2v) is 6.67. The molecule has 1 fully saturated rings. The summed E-state index contributed by atoms with van der Waals surface area (Å²) in [6, 6.07) is 9.47. The average molecular weight is 339 g/mol. The van der Waals surface area contributed by atoms with E-state index in [1.807, 2.05) is 41.2 Å². The second kappa shape index (κ2) is 6.68. The van der Waals surface area contributed by atoms with Crippen molar-refractivity contribution in [2.45, 2.75) is 38.1 Å². The number of carbonyl (C=O) groups excluding carboxylic acids is 1. The van der Waals surface area contributed by atoms with Crippen molar-refractivity contribution in [1.82, 2.24) is 24.9 Å². The van der Waals surface area contributed by atoms with Gasteiger partial charge in [-0.2, -0.15) is 10.2 Å². The summed E-state index contributed by atoms with van der Waals surface area (Å²) in [5, 5.41) is 22.7. The van der Waals surface area contributed by atoms with Gasteiger partial charge in [-0.3, -0.25) is 14.2 Å². The van der Waals surface area contributed by atoms with E-state index in [1.54, 1.807) is 17.1 Å². The topological polar surface area (TPSA) is 85.0 Å². The lowest BCUT2D eigenvalue weighted by Gasteiger charge is -2.16. The van der Waals surface area contributed by atoms with Gasteiger partial charge in [0, 0.05) is 24.3 Å². The predicted octanol–water partition coefficient (Wildman–Crippen LogP) is 1.19. The maximum Gasteiger partial charge on any atom is 0.242 e. The van der Waals surface area contributed by atoms with Crippen LogP contribution in [0.25, 0.3) is 10.9 Å². The van der Waals surface area contributed by atoms with Crippen molar-refractivity contribution in [2.75, 3.05) is 0 Å². The highest BCUT2D eigenvalue weighted by molar-refractivity contribution is 5.82. The number of hydrogen-bond acceptors (Lipinski definition) is 4. The molecular formula is C18H21N5O2. The van der Waals surface area contributed by atoms with E-state index in [9.17, 15) is 9.90 Å². The molecule has 2 aromatic heterocycles. The standard InChI is InChI=1S/C18H21N5O2/c24-17-9-13(11-22-7-3-6-19-22)8-15(17)21-18(25)12-23-16-5-2-1-4-14(16)10-20-23/h1-7,10,13,15,17,24H,8-9,11-12H2,(H,21,25)/t13?,15-,17-/m1/s1. The van der Waals surface area contributed by atoms with Crippen molar-refractivity contribution in [3.05, 3.63) is 48.9 Å². The third-order valence-corrected chi connectivity index (χ3v) is 4.82. The molecule has 7 nitrogen and oxygen atoms in total. The fraction of sp³-hybridized carbons (Fsp3) is 0.389. The van der Waals surface area contributed by atoms with E-state index < -0.39 is 6.10 Å². The summed E-state index contributed by atoms with van der Waals surface area (Å²) in [5.41, 5.74) is 0.932. The van der Waals surface area contributed by atoms with Gasteiger partial charge in [0.2, 0.25) is 5.91 Å². The molecule has 0 radical (unpaired) electrons. The summed E-state index contributed by atoms with van der Waals surface area (Å²) in [5.74, 6) is 0.184. The van der Waals surface area contributed by atoms with E-state index in [2.05, 4.69) is 15.5 Å². The summed E-state index contributed by atoms with van der Waals surface area (Å²) >= 11 is 0. The van der Waals surface area contributed by atoms with Crippen LogP contribution in [-0.4, -0.2) is 42.7 Å². The zero-order valence-corrected chi connectivity index (χ0v) is 13.8. The van der Waals surface area contributed by atoms with Crippen molar-refractivity contribution >= 4 is 16.8 Å². The number of amides is 1. The van der Waals surface area contributed by atoms with Gasteiger partial charge in [0.1, 0.15) is 6.54 Å². The van der Waals surface area contributed by atoms with Crippen molar-refractivity contribution in [1.29, 1.82) is 0 Å². The van der Waals surface area contributed by atoms with Crippen LogP contribution in [0.1, 0.15) is 12.8 Å². The SMILES string of the molecule is O=C(Cn1ncc2ccccc21)N[C@@H]1CC(Cn2cccn2)C[C@H]1O. The summed E-state index contributed by atoms with van der Waals surface area (Å²) in [6.45, 7) is 0.917. The Kier molecular flexibility index (Phi) is 4.23. The highest BCUT2D eigenvalue weighted by Gasteiger charge is 2.34. The number of benzene rings is 1. The molecule has 4 rings (SSSR count). The largest absolute Gasteiger partial charge is 0.391 e. The maximum atomic E-state index is 12.4. The number of para-hydroxylation sites is 1. The molecule has 1 aliphatic rings. The van der Waals surface area contributed by atoms with Crippen LogP contribution in [0.2, 0.25) is 0 Å². The van der Waals surface area contributed by atoms with Crippen LogP contribution in [0, 0.1) is 5.92 Å². The van der Waals surface area contributed by atoms with Gasteiger partial charge in [0.25, 0.3) is 0 Å². The van der Waals surface area contributed by atoms with Crippen LogP contribution in [0.4, 0.5) is 0 Å². The first kappa shape index (κ1) is 15.8. The minimum absolute atomic E-state index is 0.127. The third kappa shape index (κ3) is 3.41. The van der Waals surface area contributed by atoms with Crippen LogP contribution < -0.4 is 5.32 Å². The van der Waals surface area contributed by atoms with Gasteiger partial charge in [0.05, 0.1) is 23.9 Å². The lowest BCUT2D eigenvalue weighted by Crippen LogP contribution is -2.41. The van der Waals surface area contributed by atoms with E-state index in [-0.39, 0.29) is 18.5 Å². The van der Waals surface area contributed by atoms with E-state index in [0.717, 1.165) is 23.9 Å². The summed E-state index contributed by atoms with van der Waals surface area (Å²) < 4.78 is 3.56. The van der Waals surface area contributed by atoms with Crippen molar-refractivity contribution in [3.63, 3.8) is 0 Å². The van der Waals surface area contributed by atoms with Gasteiger partial charge in [-0.25, -0.2) is 0 Å². The Morgan fingerprint density at radius 2 is 2.12 bits per heavy atom. The molecule has 2 heterocycles. The Hall–Kier alpha value is -2.67. The molecule has 25 heavy (non-hydrogen) atoms. The molecule has 7 heteroatoms. The number of nitrogens with zero attached hydrogens (tertiary/aromatic N) is 4. The number of aliphatic hydroxyl groups excluding tert-OH is 1. The maximum absolute atomic E-state index is 12.4. The molecule has 1 unspecified atom stereocenters. The summed E-state index contributed by atoms with van der Waals surface area (Å²) in [7, 11) is 0. The first-order valence-electron chi connectivity index (χ1n) is 8.54. The number of hydrogen-bond donors (Lipinski definition) is 2. The van der Waals surface area contributed by atoms with Crippen molar-refractivity contribution in [3.8, 4) is 0 Å². The number of rotatable bonds is 5. The highest BCUT2D eigenvalue weighted by atomic mass is 16.3. The number of carbonyl (C=O) groups is 1. The molecule has 2 N–H and O–H groups in total.